The summed E-state index contributed by atoms with van der Waals surface area (Å²) >= 11 is 0. The maximum absolute atomic E-state index is 11.8. The van der Waals surface area contributed by atoms with Gasteiger partial charge in [0, 0.05) is 5.56 Å². The number of aryl methyl sites for hydroxylation is 2. The summed E-state index contributed by atoms with van der Waals surface area (Å²) in [5.41, 5.74) is 3.04. The van der Waals surface area contributed by atoms with Crippen LogP contribution in [-0.4, -0.2) is 22.7 Å². The Labute approximate surface area is 151 Å². The maximum Gasteiger partial charge on any atom is 0.344 e. The first-order valence-electron chi connectivity index (χ1n) is 8.41. The van der Waals surface area contributed by atoms with Crippen LogP contribution in [0.5, 0.6) is 5.75 Å². The molecule has 3 aromatic rings. The molecule has 0 fully saturated rings. The van der Waals surface area contributed by atoms with Gasteiger partial charge in [0.2, 0.25) is 5.82 Å². The van der Waals surface area contributed by atoms with Crippen molar-refractivity contribution in [1.82, 2.24) is 10.1 Å². The van der Waals surface area contributed by atoms with Crippen molar-refractivity contribution in [1.29, 1.82) is 0 Å². The zero-order valence-electron chi connectivity index (χ0n) is 14.8. The molecule has 1 heterocycles. The molecule has 0 saturated carbocycles. The predicted octanol–water partition coefficient (Wildman–Crippen LogP) is 3.73. The Morgan fingerprint density at radius 1 is 1.12 bits per heavy atom. The standard InChI is InChI=1S/C20H20N2O4/c1-3-15-8-10-16(11-9-15)20-21-18(26-22-20)12-25-19(23)13-24-17-7-5-4-6-14(17)2/h4-11H,3,12-13H2,1-2H3. The van der Waals surface area contributed by atoms with Crippen LogP contribution in [-0.2, 0) is 22.6 Å². The molecule has 0 atom stereocenters. The van der Waals surface area contributed by atoms with Gasteiger partial charge in [-0.2, -0.15) is 4.98 Å². The predicted molar refractivity (Wildman–Crippen MR) is 95.6 cm³/mol. The fourth-order valence-corrected chi connectivity index (χ4v) is 2.36. The molecule has 0 aliphatic heterocycles. The van der Waals surface area contributed by atoms with Gasteiger partial charge in [0.25, 0.3) is 5.89 Å². The summed E-state index contributed by atoms with van der Waals surface area (Å²) in [5, 5.41) is 3.92. The van der Waals surface area contributed by atoms with E-state index in [1.165, 1.54) is 5.56 Å². The molecule has 0 aliphatic carbocycles. The van der Waals surface area contributed by atoms with Gasteiger partial charge < -0.3 is 14.0 Å². The number of hydrogen-bond donors (Lipinski definition) is 0. The minimum Gasteiger partial charge on any atom is -0.482 e. The fraction of sp³-hybridized carbons (Fsp3) is 0.250. The lowest BCUT2D eigenvalue weighted by molar-refractivity contribution is -0.148. The molecule has 0 aliphatic rings. The number of para-hydroxylation sites is 1. The summed E-state index contributed by atoms with van der Waals surface area (Å²) in [6, 6.07) is 15.4. The van der Waals surface area contributed by atoms with E-state index in [0.717, 1.165) is 17.5 Å². The Kier molecular flexibility index (Phi) is 5.63. The number of nitrogens with zero attached hydrogens (tertiary/aromatic N) is 2. The van der Waals surface area contributed by atoms with E-state index in [4.69, 9.17) is 14.0 Å². The fourth-order valence-electron chi connectivity index (χ4n) is 2.36. The molecule has 0 unspecified atom stereocenters. The van der Waals surface area contributed by atoms with E-state index in [0.29, 0.717) is 11.6 Å². The first-order valence-corrected chi connectivity index (χ1v) is 8.41. The molecule has 0 amide bonds. The Morgan fingerprint density at radius 2 is 1.88 bits per heavy atom. The molecular weight excluding hydrogens is 332 g/mol. The summed E-state index contributed by atoms with van der Waals surface area (Å²) < 4.78 is 15.7. The molecule has 0 N–H and O–H groups in total. The van der Waals surface area contributed by atoms with Gasteiger partial charge in [-0.25, -0.2) is 4.79 Å². The van der Waals surface area contributed by atoms with Gasteiger partial charge >= 0.3 is 5.97 Å². The van der Waals surface area contributed by atoms with Gasteiger partial charge in [-0.15, -0.1) is 0 Å². The van der Waals surface area contributed by atoms with E-state index in [-0.39, 0.29) is 19.1 Å². The molecule has 0 bridgehead atoms. The van der Waals surface area contributed by atoms with E-state index < -0.39 is 5.97 Å². The van der Waals surface area contributed by atoms with Crippen molar-refractivity contribution in [3.05, 3.63) is 65.5 Å². The van der Waals surface area contributed by atoms with E-state index in [2.05, 4.69) is 17.1 Å². The average Bonchev–Trinajstić information content (AvgIpc) is 3.15. The number of esters is 1. The lowest BCUT2D eigenvalue weighted by Crippen LogP contribution is -2.15. The average molecular weight is 352 g/mol. The zero-order chi connectivity index (χ0) is 18.4. The van der Waals surface area contributed by atoms with Crippen molar-refractivity contribution in [3.8, 4) is 17.1 Å². The summed E-state index contributed by atoms with van der Waals surface area (Å²) in [5.74, 6) is 0.860. The summed E-state index contributed by atoms with van der Waals surface area (Å²) in [4.78, 5) is 16.1. The van der Waals surface area contributed by atoms with E-state index in [9.17, 15) is 4.79 Å². The van der Waals surface area contributed by atoms with Crippen LogP contribution in [0.4, 0.5) is 0 Å². The first-order chi connectivity index (χ1) is 12.7. The normalized spacial score (nSPS) is 10.5. The number of aromatic nitrogens is 2. The lowest BCUT2D eigenvalue weighted by atomic mass is 10.1. The van der Waals surface area contributed by atoms with Crippen LogP contribution in [0.25, 0.3) is 11.4 Å². The summed E-state index contributed by atoms with van der Waals surface area (Å²) in [6.45, 7) is 3.74. The van der Waals surface area contributed by atoms with Gasteiger partial charge in [-0.3, -0.25) is 0 Å². The van der Waals surface area contributed by atoms with Crippen LogP contribution in [0.1, 0.15) is 23.9 Å². The molecule has 3 rings (SSSR count). The van der Waals surface area contributed by atoms with Gasteiger partial charge in [0.1, 0.15) is 5.75 Å². The molecule has 2 aromatic carbocycles. The Bertz CT molecular complexity index is 872. The molecule has 6 nitrogen and oxygen atoms in total. The maximum atomic E-state index is 11.8. The monoisotopic (exact) mass is 352 g/mol. The number of carbonyl (C=O) groups is 1. The minimum absolute atomic E-state index is 0.0873. The number of hydrogen-bond acceptors (Lipinski definition) is 6. The molecule has 0 spiro atoms. The number of benzene rings is 2. The third-order valence-electron chi connectivity index (χ3n) is 3.88. The highest BCUT2D eigenvalue weighted by Crippen LogP contribution is 2.18. The van der Waals surface area contributed by atoms with Crippen molar-refractivity contribution >= 4 is 5.97 Å². The molecule has 26 heavy (non-hydrogen) atoms. The molecule has 1 aromatic heterocycles. The Morgan fingerprint density at radius 3 is 2.62 bits per heavy atom. The molecular formula is C20H20N2O4. The third kappa shape index (κ3) is 4.47. The quantitative estimate of drug-likeness (QED) is 0.603. The smallest absolute Gasteiger partial charge is 0.344 e. The lowest BCUT2D eigenvalue weighted by Gasteiger charge is -2.07. The van der Waals surface area contributed by atoms with Crippen LogP contribution in [0.15, 0.2) is 53.1 Å². The van der Waals surface area contributed by atoms with Crippen LogP contribution < -0.4 is 4.74 Å². The molecule has 6 heteroatoms. The Hall–Kier alpha value is -3.15. The van der Waals surface area contributed by atoms with Gasteiger partial charge in [0.15, 0.2) is 13.2 Å². The second-order valence-electron chi connectivity index (χ2n) is 5.78. The van der Waals surface area contributed by atoms with Crippen LogP contribution in [0.3, 0.4) is 0 Å². The first kappa shape index (κ1) is 17.7. The van der Waals surface area contributed by atoms with Crippen LogP contribution in [0.2, 0.25) is 0 Å². The van der Waals surface area contributed by atoms with Gasteiger partial charge in [0.05, 0.1) is 0 Å². The number of ether oxygens (including phenoxy) is 2. The molecule has 0 radical (unpaired) electrons. The van der Waals surface area contributed by atoms with Crippen molar-refractivity contribution in [3.63, 3.8) is 0 Å². The van der Waals surface area contributed by atoms with Crippen LogP contribution >= 0.6 is 0 Å². The topological polar surface area (TPSA) is 74.5 Å². The highest BCUT2D eigenvalue weighted by atomic mass is 16.6. The zero-order valence-corrected chi connectivity index (χ0v) is 14.8. The number of rotatable bonds is 7. The van der Waals surface area contributed by atoms with E-state index >= 15 is 0 Å². The van der Waals surface area contributed by atoms with Crippen LogP contribution in [0, 0.1) is 6.92 Å². The largest absolute Gasteiger partial charge is 0.482 e. The summed E-state index contributed by atoms with van der Waals surface area (Å²) in [7, 11) is 0. The van der Waals surface area contributed by atoms with Crippen molar-refractivity contribution in [2.24, 2.45) is 0 Å². The second-order valence-corrected chi connectivity index (χ2v) is 5.78. The van der Waals surface area contributed by atoms with Gasteiger partial charge in [-0.05, 0) is 30.5 Å². The highest BCUT2D eigenvalue weighted by molar-refractivity contribution is 5.71. The van der Waals surface area contributed by atoms with Crippen molar-refractivity contribution < 1.29 is 18.8 Å². The van der Waals surface area contributed by atoms with Crippen molar-refractivity contribution in [2.45, 2.75) is 26.9 Å². The van der Waals surface area contributed by atoms with Crippen molar-refractivity contribution in [2.75, 3.05) is 6.61 Å². The van der Waals surface area contributed by atoms with E-state index in [1.54, 1.807) is 6.07 Å². The minimum atomic E-state index is -0.500. The molecule has 0 saturated heterocycles. The highest BCUT2D eigenvalue weighted by Gasteiger charge is 2.12. The third-order valence-corrected chi connectivity index (χ3v) is 3.88. The van der Waals surface area contributed by atoms with E-state index in [1.807, 2.05) is 49.4 Å². The SMILES string of the molecule is CCc1ccc(-c2noc(COC(=O)COc3ccccc3C)n2)cc1. The summed E-state index contributed by atoms with van der Waals surface area (Å²) in [6.07, 6.45) is 0.971. The molecule has 134 valence electrons. The Balaban J connectivity index is 1.51. The second kappa shape index (κ2) is 8.29. The van der Waals surface area contributed by atoms with Gasteiger partial charge in [-0.1, -0.05) is 54.5 Å². The number of carbonyl (C=O) groups excluding carboxylic acids is 1.